The Kier molecular flexibility index (Phi) is 6.57. The number of benzene rings is 2. The van der Waals surface area contributed by atoms with Gasteiger partial charge in [0, 0.05) is 19.8 Å². The van der Waals surface area contributed by atoms with E-state index < -0.39 is 12.0 Å². The van der Waals surface area contributed by atoms with Crippen molar-refractivity contribution in [3.63, 3.8) is 0 Å². The van der Waals surface area contributed by atoms with E-state index in [4.69, 9.17) is 4.74 Å². The highest BCUT2D eigenvalue weighted by atomic mass is 32.1. The van der Waals surface area contributed by atoms with Crippen molar-refractivity contribution >= 4 is 29.1 Å². The van der Waals surface area contributed by atoms with Gasteiger partial charge in [0.2, 0.25) is 0 Å². The molecule has 0 saturated carbocycles. The van der Waals surface area contributed by atoms with Crippen LogP contribution in [-0.2, 0) is 9.53 Å². The number of aromatic nitrogens is 1. The first-order chi connectivity index (χ1) is 16.2. The molecular weight excluding hydrogens is 446 g/mol. The van der Waals surface area contributed by atoms with Crippen LogP contribution in [0, 0.1) is 6.92 Å². The zero-order valence-electron chi connectivity index (χ0n) is 20.3. The average Bonchev–Trinajstić information content (AvgIpc) is 3.07. The summed E-state index contributed by atoms with van der Waals surface area (Å²) in [5, 5.41) is 0. The van der Waals surface area contributed by atoms with E-state index >= 15 is 0 Å². The number of esters is 1. The first-order valence-electron chi connectivity index (χ1n) is 11.2. The van der Waals surface area contributed by atoms with Crippen LogP contribution in [0.4, 0.5) is 5.69 Å². The number of hydrogen-bond donors (Lipinski definition) is 0. The molecule has 2 aromatic carbocycles. The van der Waals surface area contributed by atoms with E-state index in [1.807, 2.05) is 94.4 Å². The molecule has 7 heteroatoms. The third-order valence-corrected chi connectivity index (χ3v) is 6.67. The first kappa shape index (κ1) is 23.7. The molecule has 1 aromatic heterocycles. The number of ether oxygens (including phenoxy) is 1. The molecule has 6 nitrogen and oxygen atoms in total. The summed E-state index contributed by atoms with van der Waals surface area (Å²) in [6.45, 7) is 7.43. The van der Waals surface area contributed by atoms with Gasteiger partial charge >= 0.3 is 5.97 Å². The minimum atomic E-state index is -0.596. The molecule has 176 valence electrons. The largest absolute Gasteiger partial charge is 0.459 e. The van der Waals surface area contributed by atoms with Crippen molar-refractivity contribution in [1.29, 1.82) is 0 Å². The Morgan fingerprint density at radius 2 is 1.74 bits per heavy atom. The van der Waals surface area contributed by atoms with E-state index in [0.29, 0.717) is 20.6 Å². The molecule has 0 radical (unpaired) electrons. The quantitative estimate of drug-likeness (QED) is 0.530. The number of anilines is 1. The molecule has 0 fully saturated rings. The second-order valence-electron chi connectivity index (χ2n) is 8.93. The number of carbonyl (C=O) groups is 1. The van der Waals surface area contributed by atoms with E-state index in [2.05, 4.69) is 4.99 Å². The molecule has 1 aliphatic rings. The molecule has 4 rings (SSSR count). The molecule has 2 heterocycles. The lowest BCUT2D eigenvalue weighted by Gasteiger charge is -2.25. The maximum absolute atomic E-state index is 13.6. The molecule has 0 amide bonds. The first-order valence-corrected chi connectivity index (χ1v) is 12.0. The van der Waals surface area contributed by atoms with Crippen LogP contribution in [-0.4, -0.2) is 30.7 Å². The normalized spacial score (nSPS) is 15.9. The van der Waals surface area contributed by atoms with Gasteiger partial charge in [0.1, 0.15) is 0 Å². The fraction of sp³-hybridized carbons (Fsp3) is 0.296. The third kappa shape index (κ3) is 4.61. The fourth-order valence-electron chi connectivity index (χ4n) is 3.94. The van der Waals surface area contributed by atoms with Crippen LogP contribution in [0.2, 0.25) is 0 Å². The highest BCUT2D eigenvalue weighted by Crippen LogP contribution is 2.31. The molecule has 1 aliphatic heterocycles. The number of nitrogens with zero attached hydrogens (tertiary/aromatic N) is 3. The highest BCUT2D eigenvalue weighted by molar-refractivity contribution is 7.07. The Bertz CT molecular complexity index is 1430. The van der Waals surface area contributed by atoms with Crippen LogP contribution in [0.5, 0.6) is 0 Å². The third-order valence-electron chi connectivity index (χ3n) is 5.68. The SMILES string of the molecule is CC1=C(C(=O)OC(C)C)[C@H](c2ccc(C)cc2)n2c(s/c(=C\c3ccc(N(C)C)cc3)c2=O)=N1. The second-order valence-corrected chi connectivity index (χ2v) is 9.94. The van der Waals surface area contributed by atoms with Crippen molar-refractivity contribution in [3.05, 3.63) is 96.2 Å². The topological polar surface area (TPSA) is 63.9 Å². The van der Waals surface area contributed by atoms with Crippen molar-refractivity contribution < 1.29 is 9.53 Å². The summed E-state index contributed by atoms with van der Waals surface area (Å²) in [4.78, 5) is 34.0. The zero-order chi connectivity index (χ0) is 24.6. The Hall–Kier alpha value is -3.45. The molecule has 0 bridgehead atoms. The van der Waals surface area contributed by atoms with E-state index in [0.717, 1.165) is 22.4 Å². The van der Waals surface area contributed by atoms with Gasteiger partial charge in [-0.15, -0.1) is 0 Å². The average molecular weight is 476 g/mol. The molecule has 34 heavy (non-hydrogen) atoms. The minimum absolute atomic E-state index is 0.173. The molecule has 0 unspecified atom stereocenters. The van der Waals surface area contributed by atoms with Gasteiger partial charge in [0.15, 0.2) is 4.80 Å². The van der Waals surface area contributed by atoms with Crippen LogP contribution in [0.15, 0.2) is 69.6 Å². The molecule has 0 N–H and O–H groups in total. The lowest BCUT2D eigenvalue weighted by molar-refractivity contribution is -0.143. The standard InChI is InChI=1S/C27H29N3O3S/c1-16(2)33-26(32)23-18(4)28-27-30(24(23)20-11-7-17(3)8-12-20)25(31)22(34-27)15-19-9-13-21(14-10-19)29(5)6/h7-16,24H,1-6H3/b22-15-/t24-/m0/s1. The van der Waals surface area contributed by atoms with Crippen LogP contribution >= 0.6 is 11.3 Å². The molecule has 3 aromatic rings. The smallest absolute Gasteiger partial charge is 0.338 e. The van der Waals surface area contributed by atoms with Gasteiger partial charge in [0.25, 0.3) is 5.56 Å². The Labute approximate surface area is 203 Å². The number of hydrogen-bond acceptors (Lipinski definition) is 6. The second kappa shape index (κ2) is 9.43. The van der Waals surface area contributed by atoms with Gasteiger partial charge in [-0.3, -0.25) is 9.36 Å². The van der Waals surface area contributed by atoms with Crippen molar-refractivity contribution in [2.75, 3.05) is 19.0 Å². The van der Waals surface area contributed by atoms with Gasteiger partial charge in [-0.2, -0.15) is 0 Å². The molecule has 0 saturated heterocycles. The van der Waals surface area contributed by atoms with E-state index in [1.165, 1.54) is 11.3 Å². The number of fused-ring (bicyclic) bond motifs is 1. The predicted molar refractivity (Wildman–Crippen MR) is 137 cm³/mol. The van der Waals surface area contributed by atoms with Crippen LogP contribution in [0.1, 0.15) is 43.5 Å². The Morgan fingerprint density at radius 3 is 2.32 bits per heavy atom. The monoisotopic (exact) mass is 475 g/mol. The molecule has 0 spiro atoms. The maximum atomic E-state index is 13.6. The van der Waals surface area contributed by atoms with Crippen LogP contribution in [0.25, 0.3) is 6.08 Å². The summed E-state index contributed by atoms with van der Waals surface area (Å²) in [7, 11) is 3.98. The number of thiazole rings is 1. The van der Waals surface area contributed by atoms with Gasteiger partial charge in [0.05, 0.1) is 27.9 Å². The molecule has 0 aliphatic carbocycles. The van der Waals surface area contributed by atoms with Crippen LogP contribution < -0.4 is 19.8 Å². The summed E-state index contributed by atoms with van der Waals surface area (Å²) in [6, 6.07) is 15.3. The van der Waals surface area contributed by atoms with Crippen molar-refractivity contribution in [2.45, 2.75) is 39.8 Å². The lowest BCUT2D eigenvalue weighted by Crippen LogP contribution is -2.40. The summed E-state index contributed by atoms with van der Waals surface area (Å²) < 4.78 is 7.74. The molecular formula is C27H29N3O3S. The molecule has 1 atom stereocenters. The summed E-state index contributed by atoms with van der Waals surface area (Å²) >= 11 is 1.33. The number of allylic oxidation sites excluding steroid dienone is 1. The van der Waals surface area contributed by atoms with Crippen LogP contribution in [0.3, 0.4) is 0 Å². The van der Waals surface area contributed by atoms with Gasteiger partial charge < -0.3 is 9.64 Å². The Morgan fingerprint density at radius 1 is 1.09 bits per heavy atom. The van der Waals surface area contributed by atoms with Gasteiger partial charge in [-0.25, -0.2) is 9.79 Å². The van der Waals surface area contributed by atoms with Gasteiger partial charge in [-0.1, -0.05) is 53.3 Å². The summed E-state index contributed by atoms with van der Waals surface area (Å²) in [6.07, 6.45) is 1.60. The predicted octanol–water partition coefficient (Wildman–Crippen LogP) is 3.56. The van der Waals surface area contributed by atoms with E-state index in [-0.39, 0.29) is 11.7 Å². The van der Waals surface area contributed by atoms with Crippen molar-refractivity contribution in [2.24, 2.45) is 4.99 Å². The number of carbonyl (C=O) groups excluding carboxylic acids is 1. The zero-order valence-corrected chi connectivity index (χ0v) is 21.1. The van der Waals surface area contributed by atoms with E-state index in [1.54, 1.807) is 11.5 Å². The Balaban J connectivity index is 1.89. The fourth-order valence-corrected chi connectivity index (χ4v) is 4.99. The number of rotatable bonds is 5. The van der Waals surface area contributed by atoms with Crippen molar-refractivity contribution in [3.8, 4) is 0 Å². The maximum Gasteiger partial charge on any atom is 0.338 e. The summed E-state index contributed by atoms with van der Waals surface area (Å²) in [5.41, 5.74) is 4.75. The van der Waals surface area contributed by atoms with E-state index in [9.17, 15) is 9.59 Å². The summed E-state index contributed by atoms with van der Waals surface area (Å²) in [5.74, 6) is -0.449. The number of aryl methyl sites for hydroxylation is 1. The minimum Gasteiger partial charge on any atom is -0.459 e. The highest BCUT2D eigenvalue weighted by Gasteiger charge is 2.33. The van der Waals surface area contributed by atoms with Crippen molar-refractivity contribution in [1.82, 2.24) is 4.57 Å². The lowest BCUT2D eigenvalue weighted by atomic mass is 9.95. The van der Waals surface area contributed by atoms with Gasteiger partial charge in [-0.05, 0) is 57.0 Å².